The van der Waals surface area contributed by atoms with Crippen LogP contribution in [-0.2, 0) is 0 Å². The number of nitrogens with one attached hydrogen (secondary N) is 1. The summed E-state index contributed by atoms with van der Waals surface area (Å²) < 4.78 is 10.5. The van der Waals surface area contributed by atoms with Crippen LogP contribution in [0.1, 0.15) is 36.5 Å². The molecule has 0 aromatic heterocycles. The van der Waals surface area contributed by atoms with Gasteiger partial charge in [0.05, 0.1) is 14.2 Å². The van der Waals surface area contributed by atoms with Gasteiger partial charge in [0.15, 0.2) is 0 Å². The molecule has 1 aliphatic carbocycles. The number of hydrogen-bond acceptors (Lipinski definition) is 3. The van der Waals surface area contributed by atoms with Crippen molar-refractivity contribution in [3.05, 3.63) is 23.8 Å². The lowest BCUT2D eigenvalue weighted by atomic mass is 10.1. The average molecular weight is 263 g/mol. The van der Waals surface area contributed by atoms with E-state index in [1.807, 2.05) is 6.07 Å². The van der Waals surface area contributed by atoms with Crippen molar-refractivity contribution in [2.24, 2.45) is 5.92 Å². The van der Waals surface area contributed by atoms with Gasteiger partial charge in [-0.25, -0.2) is 0 Å². The summed E-state index contributed by atoms with van der Waals surface area (Å²) in [6.45, 7) is 2.22. The maximum atomic E-state index is 12.4. The van der Waals surface area contributed by atoms with Crippen molar-refractivity contribution in [1.29, 1.82) is 0 Å². The molecule has 1 aromatic rings. The summed E-state index contributed by atoms with van der Waals surface area (Å²) in [5, 5.41) is 3.08. The van der Waals surface area contributed by atoms with E-state index in [1.165, 1.54) is 6.42 Å². The summed E-state index contributed by atoms with van der Waals surface area (Å²) in [6.07, 6.45) is 3.27. The van der Waals surface area contributed by atoms with Crippen molar-refractivity contribution in [3.63, 3.8) is 0 Å². The van der Waals surface area contributed by atoms with E-state index < -0.39 is 0 Å². The lowest BCUT2D eigenvalue weighted by Gasteiger charge is -2.16. The van der Waals surface area contributed by atoms with Crippen molar-refractivity contribution >= 4 is 5.91 Å². The van der Waals surface area contributed by atoms with Gasteiger partial charge < -0.3 is 14.8 Å². The Labute approximate surface area is 114 Å². The molecule has 2 atom stereocenters. The maximum absolute atomic E-state index is 12.4. The topological polar surface area (TPSA) is 47.6 Å². The summed E-state index contributed by atoms with van der Waals surface area (Å²) >= 11 is 0. The number of ether oxygens (including phenoxy) is 2. The van der Waals surface area contributed by atoms with Crippen LogP contribution in [0.4, 0.5) is 0 Å². The van der Waals surface area contributed by atoms with E-state index in [1.54, 1.807) is 26.4 Å². The molecule has 0 aliphatic heterocycles. The van der Waals surface area contributed by atoms with Crippen molar-refractivity contribution in [2.75, 3.05) is 14.2 Å². The van der Waals surface area contributed by atoms with Crippen molar-refractivity contribution in [2.45, 2.75) is 32.2 Å². The van der Waals surface area contributed by atoms with Gasteiger partial charge >= 0.3 is 0 Å². The minimum Gasteiger partial charge on any atom is -0.496 e. The Balaban J connectivity index is 2.18. The smallest absolute Gasteiger partial charge is 0.259 e. The molecule has 4 nitrogen and oxygen atoms in total. The van der Waals surface area contributed by atoms with Crippen LogP contribution in [0.25, 0.3) is 0 Å². The highest BCUT2D eigenvalue weighted by Crippen LogP contribution is 2.30. The van der Waals surface area contributed by atoms with Crippen LogP contribution in [-0.4, -0.2) is 26.2 Å². The molecular weight excluding hydrogens is 242 g/mol. The van der Waals surface area contributed by atoms with Gasteiger partial charge in [-0.1, -0.05) is 13.0 Å². The monoisotopic (exact) mass is 263 g/mol. The van der Waals surface area contributed by atoms with Crippen LogP contribution in [0.3, 0.4) is 0 Å². The molecule has 19 heavy (non-hydrogen) atoms. The number of methoxy groups -OCH3 is 2. The number of benzene rings is 1. The maximum Gasteiger partial charge on any atom is 0.259 e. The second-order valence-corrected chi connectivity index (χ2v) is 5.13. The minimum atomic E-state index is -0.117. The molecule has 0 saturated heterocycles. The van der Waals surface area contributed by atoms with Gasteiger partial charge in [0.2, 0.25) is 0 Å². The van der Waals surface area contributed by atoms with E-state index in [0.29, 0.717) is 23.0 Å². The van der Waals surface area contributed by atoms with E-state index >= 15 is 0 Å². The zero-order valence-corrected chi connectivity index (χ0v) is 11.7. The molecule has 1 amide bonds. The molecule has 0 bridgehead atoms. The van der Waals surface area contributed by atoms with E-state index in [-0.39, 0.29) is 11.9 Å². The standard InChI is InChI=1S/C15H21NO3/c1-10-7-8-11(9-10)16-15(17)14-12(18-2)5-4-6-13(14)19-3/h4-6,10-11H,7-9H2,1-3H3,(H,16,17). The van der Waals surface area contributed by atoms with Gasteiger partial charge in [-0.05, 0) is 37.3 Å². The quantitative estimate of drug-likeness (QED) is 0.908. The largest absolute Gasteiger partial charge is 0.496 e. The fraction of sp³-hybridized carbons (Fsp3) is 0.533. The number of carbonyl (C=O) groups excluding carboxylic acids is 1. The number of rotatable bonds is 4. The second kappa shape index (κ2) is 5.95. The van der Waals surface area contributed by atoms with Crippen LogP contribution in [0.2, 0.25) is 0 Å². The highest BCUT2D eigenvalue weighted by molar-refractivity contribution is 5.99. The summed E-state index contributed by atoms with van der Waals surface area (Å²) in [4.78, 5) is 12.4. The summed E-state index contributed by atoms with van der Waals surface area (Å²) in [6, 6.07) is 5.62. The zero-order chi connectivity index (χ0) is 13.8. The first-order valence-electron chi connectivity index (χ1n) is 6.67. The second-order valence-electron chi connectivity index (χ2n) is 5.13. The molecule has 0 radical (unpaired) electrons. The average Bonchev–Trinajstić information content (AvgIpc) is 2.82. The Morgan fingerprint density at radius 1 is 1.21 bits per heavy atom. The molecule has 4 heteroatoms. The fourth-order valence-electron chi connectivity index (χ4n) is 2.67. The number of hydrogen-bond donors (Lipinski definition) is 1. The molecule has 2 rings (SSSR count). The minimum absolute atomic E-state index is 0.117. The Hall–Kier alpha value is -1.71. The lowest BCUT2D eigenvalue weighted by molar-refractivity contribution is 0.0931. The predicted molar refractivity (Wildman–Crippen MR) is 73.8 cm³/mol. The molecule has 0 heterocycles. The summed E-state index contributed by atoms with van der Waals surface area (Å²) in [7, 11) is 3.12. The molecule has 0 spiro atoms. The van der Waals surface area contributed by atoms with Crippen LogP contribution >= 0.6 is 0 Å². The first-order valence-corrected chi connectivity index (χ1v) is 6.67. The molecular formula is C15H21NO3. The highest BCUT2D eigenvalue weighted by atomic mass is 16.5. The molecule has 1 aromatic carbocycles. The SMILES string of the molecule is COc1cccc(OC)c1C(=O)NC1CCC(C)C1. The van der Waals surface area contributed by atoms with Crippen molar-refractivity contribution in [3.8, 4) is 11.5 Å². The molecule has 104 valence electrons. The lowest BCUT2D eigenvalue weighted by Crippen LogP contribution is -2.33. The van der Waals surface area contributed by atoms with Gasteiger partial charge in [0.25, 0.3) is 5.91 Å². The van der Waals surface area contributed by atoms with E-state index in [0.717, 1.165) is 12.8 Å². The Bertz CT molecular complexity index is 436. The van der Waals surface area contributed by atoms with Crippen LogP contribution in [0.15, 0.2) is 18.2 Å². The van der Waals surface area contributed by atoms with E-state index in [2.05, 4.69) is 12.2 Å². The zero-order valence-electron chi connectivity index (χ0n) is 11.7. The number of carbonyl (C=O) groups is 1. The Morgan fingerprint density at radius 2 is 1.84 bits per heavy atom. The molecule has 1 N–H and O–H groups in total. The number of amides is 1. The van der Waals surface area contributed by atoms with Gasteiger partial charge in [0.1, 0.15) is 17.1 Å². The summed E-state index contributed by atoms with van der Waals surface area (Å²) in [5.41, 5.74) is 0.479. The highest BCUT2D eigenvalue weighted by Gasteiger charge is 2.25. The predicted octanol–water partition coefficient (Wildman–Crippen LogP) is 2.62. The van der Waals surface area contributed by atoms with Gasteiger partial charge in [0, 0.05) is 6.04 Å². The fourth-order valence-corrected chi connectivity index (χ4v) is 2.67. The first kappa shape index (κ1) is 13.7. The normalized spacial score (nSPS) is 22.1. The molecule has 1 aliphatic rings. The van der Waals surface area contributed by atoms with E-state index in [4.69, 9.17) is 9.47 Å². The summed E-state index contributed by atoms with van der Waals surface area (Å²) in [5.74, 6) is 1.66. The van der Waals surface area contributed by atoms with Gasteiger partial charge in [-0.2, -0.15) is 0 Å². The van der Waals surface area contributed by atoms with E-state index in [9.17, 15) is 4.79 Å². The van der Waals surface area contributed by atoms with Gasteiger partial charge in [-0.15, -0.1) is 0 Å². The first-order chi connectivity index (χ1) is 9.15. The molecule has 2 unspecified atom stereocenters. The molecule has 1 fully saturated rings. The van der Waals surface area contributed by atoms with Crippen LogP contribution in [0.5, 0.6) is 11.5 Å². The Kier molecular flexibility index (Phi) is 4.30. The third-order valence-electron chi connectivity index (χ3n) is 3.68. The van der Waals surface area contributed by atoms with Crippen LogP contribution < -0.4 is 14.8 Å². The Morgan fingerprint density at radius 3 is 2.32 bits per heavy atom. The van der Waals surface area contributed by atoms with Crippen LogP contribution in [0, 0.1) is 5.92 Å². The van der Waals surface area contributed by atoms with Gasteiger partial charge in [-0.3, -0.25) is 4.79 Å². The third kappa shape index (κ3) is 3.00. The molecule has 1 saturated carbocycles. The van der Waals surface area contributed by atoms with Crippen molar-refractivity contribution in [1.82, 2.24) is 5.32 Å². The van der Waals surface area contributed by atoms with Crippen molar-refractivity contribution < 1.29 is 14.3 Å². The third-order valence-corrected chi connectivity index (χ3v) is 3.68.